The number of methoxy groups -OCH3 is 1. The standard InChI is InChI=1S/C23H28N2O3/c1-3-24-13-15-25(16-14-24)23(26)12-10-19-9-11-21(22(17-19)27-2)28-18-20-7-5-4-6-8-20/h4-12,17H,3,13-16,18H2,1-2H3/b12-10-. The largest absolute Gasteiger partial charge is 0.493 e. The predicted octanol–water partition coefficient (Wildman–Crippen LogP) is 3.45. The van der Waals surface area contributed by atoms with E-state index in [1.54, 1.807) is 13.2 Å². The molecule has 2 aromatic carbocycles. The van der Waals surface area contributed by atoms with Gasteiger partial charge in [-0.15, -0.1) is 0 Å². The van der Waals surface area contributed by atoms with E-state index in [0.717, 1.165) is 43.9 Å². The van der Waals surface area contributed by atoms with Crippen LogP contribution in [0.3, 0.4) is 0 Å². The molecule has 1 heterocycles. The summed E-state index contributed by atoms with van der Waals surface area (Å²) in [6, 6.07) is 15.7. The van der Waals surface area contributed by atoms with Gasteiger partial charge in [-0.25, -0.2) is 0 Å². The Balaban J connectivity index is 1.60. The molecule has 2 aromatic rings. The Hall–Kier alpha value is -2.79. The van der Waals surface area contributed by atoms with E-state index < -0.39 is 0 Å². The van der Waals surface area contributed by atoms with Gasteiger partial charge in [0.1, 0.15) is 6.61 Å². The van der Waals surface area contributed by atoms with Crippen molar-refractivity contribution in [3.05, 3.63) is 65.7 Å². The van der Waals surface area contributed by atoms with Gasteiger partial charge < -0.3 is 19.3 Å². The fourth-order valence-corrected chi connectivity index (χ4v) is 3.20. The van der Waals surface area contributed by atoms with Gasteiger partial charge in [0.2, 0.25) is 5.91 Å². The Morgan fingerprint density at radius 2 is 1.79 bits per heavy atom. The molecule has 1 saturated heterocycles. The number of piperazine rings is 1. The lowest BCUT2D eigenvalue weighted by Gasteiger charge is -2.33. The van der Waals surface area contributed by atoms with Gasteiger partial charge in [-0.1, -0.05) is 43.3 Å². The molecule has 0 radical (unpaired) electrons. The van der Waals surface area contributed by atoms with Crippen molar-refractivity contribution in [3.63, 3.8) is 0 Å². The number of benzene rings is 2. The minimum absolute atomic E-state index is 0.0547. The van der Waals surface area contributed by atoms with Crippen LogP contribution >= 0.6 is 0 Å². The first kappa shape index (κ1) is 20.0. The molecule has 0 atom stereocenters. The maximum Gasteiger partial charge on any atom is 0.246 e. The van der Waals surface area contributed by atoms with Crippen molar-refractivity contribution in [1.82, 2.24) is 9.80 Å². The SMILES string of the molecule is CCN1CCN(C(=O)/C=C\c2ccc(OCc3ccccc3)c(OC)c2)CC1. The summed E-state index contributed by atoms with van der Waals surface area (Å²) < 4.78 is 11.3. The summed E-state index contributed by atoms with van der Waals surface area (Å²) in [6.45, 7) is 7.12. The Morgan fingerprint density at radius 3 is 2.46 bits per heavy atom. The third-order valence-corrected chi connectivity index (χ3v) is 4.97. The van der Waals surface area contributed by atoms with Gasteiger partial charge in [-0.3, -0.25) is 4.79 Å². The van der Waals surface area contributed by atoms with Crippen LogP contribution in [-0.4, -0.2) is 55.5 Å². The van der Waals surface area contributed by atoms with E-state index in [9.17, 15) is 4.79 Å². The summed E-state index contributed by atoms with van der Waals surface area (Å²) in [5, 5.41) is 0. The van der Waals surface area contributed by atoms with Gasteiger partial charge in [0.05, 0.1) is 7.11 Å². The zero-order valence-electron chi connectivity index (χ0n) is 16.6. The van der Waals surface area contributed by atoms with E-state index in [-0.39, 0.29) is 5.91 Å². The molecule has 5 nitrogen and oxygen atoms in total. The topological polar surface area (TPSA) is 42.0 Å². The van der Waals surface area contributed by atoms with Crippen LogP contribution in [0.1, 0.15) is 18.1 Å². The molecule has 0 saturated carbocycles. The maximum atomic E-state index is 12.4. The first-order valence-corrected chi connectivity index (χ1v) is 9.73. The average molecular weight is 380 g/mol. The zero-order valence-corrected chi connectivity index (χ0v) is 16.6. The van der Waals surface area contributed by atoms with E-state index in [0.29, 0.717) is 18.1 Å². The number of hydrogen-bond donors (Lipinski definition) is 0. The quantitative estimate of drug-likeness (QED) is 0.690. The molecular weight excluding hydrogens is 352 g/mol. The van der Waals surface area contributed by atoms with Crippen LogP contribution in [0.25, 0.3) is 6.08 Å². The van der Waals surface area contributed by atoms with Crippen molar-refractivity contribution in [2.45, 2.75) is 13.5 Å². The van der Waals surface area contributed by atoms with Gasteiger partial charge in [0, 0.05) is 32.3 Å². The highest BCUT2D eigenvalue weighted by molar-refractivity contribution is 5.92. The summed E-state index contributed by atoms with van der Waals surface area (Å²) in [5.41, 5.74) is 2.01. The van der Waals surface area contributed by atoms with Crippen LogP contribution in [0.2, 0.25) is 0 Å². The zero-order chi connectivity index (χ0) is 19.8. The van der Waals surface area contributed by atoms with Crippen molar-refractivity contribution >= 4 is 12.0 Å². The van der Waals surface area contributed by atoms with Crippen LogP contribution in [0, 0.1) is 0 Å². The molecule has 28 heavy (non-hydrogen) atoms. The fraction of sp³-hybridized carbons (Fsp3) is 0.348. The highest BCUT2D eigenvalue weighted by Crippen LogP contribution is 2.29. The third-order valence-electron chi connectivity index (χ3n) is 4.97. The summed E-state index contributed by atoms with van der Waals surface area (Å²) in [6.07, 6.45) is 3.47. The average Bonchev–Trinajstić information content (AvgIpc) is 2.77. The van der Waals surface area contributed by atoms with Crippen molar-refractivity contribution in [2.75, 3.05) is 39.8 Å². The molecule has 0 bridgehead atoms. The number of amides is 1. The second kappa shape index (κ2) is 9.95. The van der Waals surface area contributed by atoms with E-state index in [1.165, 1.54) is 0 Å². The Bertz CT molecular complexity index is 797. The Labute approximate surface area is 167 Å². The maximum absolute atomic E-state index is 12.4. The number of rotatable bonds is 7. The first-order chi connectivity index (χ1) is 13.7. The highest BCUT2D eigenvalue weighted by Gasteiger charge is 2.18. The molecule has 148 valence electrons. The number of carbonyl (C=O) groups is 1. The van der Waals surface area contributed by atoms with Crippen LogP contribution in [0.15, 0.2) is 54.6 Å². The van der Waals surface area contributed by atoms with Gasteiger partial charge >= 0.3 is 0 Å². The Morgan fingerprint density at radius 1 is 1.04 bits per heavy atom. The molecule has 0 aromatic heterocycles. The molecule has 0 N–H and O–H groups in total. The summed E-state index contributed by atoms with van der Waals surface area (Å²) in [7, 11) is 1.62. The van der Waals surface area contributed by atoms with Gasteiger partial charge in [0.15, 0.2) is 11.5 Å². The van der Waals surface area contributed by atoms with Gasteiger partial charge in [-0.2, -0.15) is 0 Å². The monoisotopic (exact) mass is 380 g/mol. The molecule has 0 aliphatic carbocycles. The number of ether oxygens (including phenoxy) is 2. The van der Waals surface area contributed by atoms with Crippen LogP contribution < -0.4 is 9.47 Å². The number of nitrogens with zero attached hydrogens (tertiary/aromatic N) is 2. The third kappa shape index (κ3) is 5.36. The lowest BCUT2D eigenvalue weighted by Crippen LogP contribution is -2.48. The predicted molar refractivity (Wildman–Crippen MR) is 111 cm³/mol. The van der Waals surface area contributed by atoms with E-state index >= 15 is 0 Å². The number of likely N-dealkylation sites (N-methyl/N-ethyl adjacent to an activating group) is 1. The lowest BCUT2D eigenvalue weighted by molar-refractivity contribution is -0.127. The molecule has 0 spiro atoms. The Kier molecular flexibility index (Phi) is 7.09. The smallest absolute Gasteiger partial charge is 0.246 e. The van der Waals surface area contributed by atoms with Crippen LogP contribution in [0.4, 0.5) is 0 Å². The van der Waals surface area contributed by atoms with Crippen LogP contribution in [-0.2, 0) is 11.4 Å². The summed E-state index contributed by atoms with van der Waals surface area (Å²) in [4.78, 5) is 16.7. The first-order valence-electron chi connectivity index (χ1n) is 9.73. The van der Waals surface area contributed by atoms with Crippen LogP contribution in [0.5, 0.6) is 11.5 Å². The number of carbonyl (C=O) groups excluding carboxylic acids is 1. The number of hydrogen-bond acceptors (Lipinski definition) is 4. The van der Waals surface area contributed by atoms with Gasteiger partial charge in [0.25, 0.3) is 0 Å². The fourth-order valence-electron chi connectivity index (χ4n) is 3.20. The normalized spacial score (nSPS) is 15.0. The highest BCUT2D eigenvalue weighted by atomic mass is 16.5. The minimum atomic E-state index is 0.0547. The molecule has 1 aliphatic rings. The van der Waals surface area contributed by atoms with E-state index in [2.05, 4.69) is 11.8 Å². The van der Waals surface area contributed by atoms with E-state index in [1.807, 2.05) is 59.5 Å². The molecule has 1 aliphatic heterocycles. The molecular formula is C23H28N2O3. The van der Waals surface area contributed by atoms with Crippen molar-refractivity contribution < 1.29 is 14.3 Å². The second-order valence-electron chi connectivity index (χ2n) is 6.78. The second-order valence-corrected chi connectivity index (χ2v) is 6.78. The van der Waals surface area contributed by atoms with Crippen molar-refractivity contribution in [3.8, 4) is 11.5 Å². The molecule has 3 rings (SSSR count). The molecule has 1 amide bonds. The summed E-state index contributed by atoms with van der Waals surface area (Å²) >= 11 is 0. The van der Waals surface area contributed by atoms with Crippen molar-refractivity contribution in [2.24, 2.45) is 0 Å². The lowest BCUT2D eigenvalue weighted by atomic mass is 10.1. The van der Waals surface area contributed by atoms with Gasteiger partial charge in [-0.05, 0) is 35.9 Å². The molecule has 5 heteroatoms. The van der Waals surface area contributed by atoms with E-state index in [4.69, 9.17) is 9.47 Å². The molecule has 1 fully saturated rings. The summed E-state index contributed by atoms with van der Waals surface area (Å²) in [5.74, 6) is 1.40. The minimum Gasteiger partial charge on any atom is -0.493 e. The molecule has 0 unspecified atom stereocenters. The van der Waals surface area contributed by atoms with Crippen molar-refractivity contribution in [1.29, 1.82) is 0 Å².